The Hall–Kier alpha value is -1.26. The van der Waals surface area contributed by atoms with E-state index in [1.165, 1.54) is 0 Å². The topological polar surface area (TPSA) is 24.9 Å². The molecule has 2 nitrogen and oxygen atoms in total. The Morgan fingerprint density at radius 1 is 1.39 bits per heavy atom. The summed E-state index contributed by atoms with van der Waals surface area (Å²) in [4.78, 5) is 4.34. The van der Waals surface area contributed by atoms with Gasteiger partial charge in [0.25, 0.3) is 0 Å². The predicted molar refractivity (Wildman–Crippen MR) is 73.4 cm³/mol. The average molecular weight is 264 g/mol. The van der Waals surface area contributed by atoms with Gasteiger partial charge < -0.3 is 5.32 Å². The normalized spacial score (nSPS) is 12.6. The van der Waals surface area contributed by atoms with Crippen molar-refractivity contribution in [3.05, 3.63) is 51.7 Å². The number of hydrogen-bond acceptors (Lipinski definition) is 3. The van der Waals surface area contributed by atoms with E-state index >= 15 is 0 Å². The first-order valence-corrected chi connectivity index (χ1v) is 7.03. The second kappa shape index (κ2) is 6.07. The Labute approximate surface area is 111 Å². The van der Waals surface area contributed by atoms with Crippen LogP contribution >= 0.6 is 11.3 Å². The Morgan fingerprint density at radius 3 is 2.83 bits per heavy atom. The number of thiazole rings is 1. The first kappa shape index (κ1) is 13.2. The molecule has 1 unspecified atom stereocenters. The van der Waals surface area contributed by atoms with E-state index in [-0.39, 0.29) is 11.9 Å². The van der Waals surface area contributed by atoms with E-state index in [0.29, 0.717) is 0 Å². The number of hydrogen-bond donors (Lipinski definition) is 1. The van der Waals surface area contributed by atoms with Gasteiger partial charge in [-0.05, 0) is 43.1 Å². The maximum atomic E-state index is 13.5. The molecule has 2 aromatic rings. The number of nitrogens with zero attached hydrogens (tertiary/aromatic N) is 1. The molecular formula is C14H17FN2S. The Kier molecular flexibility index (Phi) is 4.44. The molecule has 1 aromatic carbocycles. The fourth-order valence-corrected chi connectivity index (χ4v) is 2.56. The third kappa shape index (κ3) is 3.15. The van der Waals surface area contributed by atoms with Crippen LogP contribution in [-0.4, -0.2) is 11.5 Å². The van der Waals surface area contributed by atoms with Gasteiger partial charge in [-0.1, -0.05) is 13.0 Å². The molecule has 2 rings (SSSR count). The standard InChI is InChI=1S/C14H17FN2S/c1-3-4-16-14(13-8-18-9-17-13)11-5-10(2)6-12(15)7-11/h5-9,14,16H,3-4H2,1-2H3. The van der Waals surface area contributed by atoms with Crippen LogP contribution in [0.25, 0.3) is 0 Å². The first-order valence-electron chi connectivity index (χ1n) is 6.09. The third-order valence-corrected chi connectivity index (χ3v) is 3.35. The van der Waals surface area contributed by atoms with Gasteiger partial charge in [-0.2, -0.15) is 0 Å². The molecule has 0 fully saturated rings. The zero-order valence-electron chi connectivity index (χ0n) is 10.6. The third-order valence-electron chi connectivity index (χ3n) is 2.74. The molecule has 0 aliphatic heterocycles. The van der Waals surface area contributed by atoms with Crippen LogP contribution in [0.2, 0.25) is 0 Å². The minimum atomic E-state index is -0.191. The van der Waals surface area contributed by atoms with Crippen molar-refractivity contribution in [2.24, 2.45) is 0 Å². The minimum Gasteiger partial charge on any atom is -0.305 e. The molecule has 0 bridgehead atoms. The Morgan fingerprint density at radius 2 is 2.22 bits per heavy atom. The van der Waals surface area contributed by atoms with Crippen LogP contribution in [0.4, 0.5) is 4.39 Å². The SMILES string of the molecule is CCCNC(c1cc(C)cc(F)c1)c1cscn1. The van der Waals surface area contributed by atoms with Gasteiger partial charge in [0.15, 0.2) is 0 Å². The molecule has 0 saturated heterocycles. The first-order chi connectivity index (χ1) is 8.70. The number of nitrogens with one attached hydrogen (secondary N) is 1. The zero-order chi connectivity index (χ0) is 13.0. The number of halogens is 1. The summed E-state index contributed by atoms with van der Waals surface area (Å²) in [7, 11) is 0. The molecule has 0 saturated carbocycles. The smallest absolute Gasteiger partial charge is 0.123 e. The van der Waals surface area contributed by atoms with Crippen molar-refractivity contribution in [2.75, 3.05) is 6.54 Å². The zero-order valence-corrected chi connectivity index (χ0v) is 11.4. The van der Waals surface area contributed by atoms with Crippen LogP contribution in [0.1, 0.15) is 36.2 Å². The molecule has 4 heteroatoms. The van der Waals surface area contributed by atoms with E-state index in [0.717, 1.165) is 29.8 Å². The fraction of sp³-hybridized carbons (Fsp3) is 0.357. The van der Waals surface area contributed by atoms with Crippen molar-refractivity contribution < 1.29 is 4.39 Å². The lowest BCUT2D eigenvalue weighted by atomic mass is 10.0. The lowest BCUT2D eigenvalue weighted by Crippen LogP contribution is -2.23. The number of aryl methyl sites for hydroxylation is 1. The van der Waals surface area contributed by atoms with Gasteiger partial charge in [0.1, 0.15) is 5.82 Å². The molecule has 0 spiro atoms. The summed E-state index contributed by atoms with van der Waals surface area (Å²) in [5.74, 6) is -0.191. The largest absolute Gasteiger partial charge is 0.305 e. The van der Waals surface area contributed by atoms with Gasteiger partial charge in [0.2, 0.25) is 0 Å². The van der Waals surface area contributed by atoms with E-state index in [1.54, 1.807) is 23.5 Å². The highest BCUT2D eigenvalue weighted by Crippen LogP contribution is 2.23. The maximum absolute atomic E-state index is 13.5. The maximum Gasteiger partial charge on any atom is 0.123 e. The molecule has 1 heterocycles. The number of benzene rings is 1. The summed E-state index contributed by atoms with van der Waals surface area (Å²) in [6.07, 6.45) is 1.04. The summed E-state index contributed by atoms with van der Waals surface area (Å²) in [5, 5.41) is 5.43. The predicted octanol–water partition coefficient (Wildman–Crippen LogP) is 3.68. The molecule has 1 aromatic heterocycles. The van der Waals surface area contributed by atoms with Crippen molar-refractivity contribution >= 4 is 11.3 Å². The molecule has 1 N–H and O–H groups in total. The monoisotopic (exact) mass is 264 g/mol. The van der Waals surface area contributed by atoms with E-state index in [4.69, 9.17) is 0 Å². The summed E-state index contributed by atoms with van der Waals surface area (Å²) in [5.41, 5.74) is 4.64. The van der Waals surface area contributed by atoms with Gasteiger partial charge >= 0.3 is 0 Å². The molecular weight excluding hydrogens is 247 g/mol. The second-order valence-electron chi connectivity index (χ2n) is 4.36. The van der Waals surface area contributed by atoms with Gasteiger partial charge in [0.05, 0.1) is 17.2 Å². The van der Waals surface area contributed by atoms with Gasteiger partial charge in [-0.3, -0.25) is 0 Å². The van der Waals surface area contributed by atoms with Crippen molar-refractivity contribution in [3.8, 4) is 0 Å². The van der Waals surface area contributed by atoms with Crippen molar-refractivity contribution in [2.45, 2.75) is 26.3 Å². The number of aromatic nitrogens is 1. The molecule has 96 valence electrons. The fourth-order valence-electron chi connectivity index (χ4n) is 1.98. The van der Waals surface area contributed by atoms with Crippen molar-refractivity contribution in [1.82, 2.24) is 10.3 Å². The lowest BCUT2D eigenvalue weighted by molar-refractivity contribution is 0.577. The lowest BCUT2D eigenvalue weighted by Gasteiger charge is -2.17. The highest BCUT2D eigenvalue weighted by Gasteiger charge is 2.16. The van der Waals surface area contributed by atoms with Crippen LogP contribution in [0.15, 0.2) is 29.1 Å². The second-order valence-corrected chi connectivity index (χ2v) is 5.08. The minimum absolute atomic E-state index is 0.0226. The molecule has 0 aliphatic rings. The molecule has 0 amide bonds. The highest BCUT2D eigenvalue weighted by atomic mass is 32.1. The van der Waals surface area contributed by atoms with Crippen LogP contribution in [-0.2, 0) is 0 Å². The van der Waals surface area contributed by atoms with Crippen molar-refractivity contribution in [1.29, 1.82) is 0 Å². The summed E-state index contributed by atoms with van der Waals surface area (Å²) in [6, 6.07) is 5.11. The molecule has 18 heavy (non-hydrogen) atoms. The number of rotatable bonds is 5. The van der Waals surface area contributed by atoms with E-state index < -0.39 is 0 Å². The molecule has 0 radical (unpaired) electrons. The van der Waals surface area contributed by atoms with E-state index in [2.05, 4.69) is 17.2 Å². The summed E-state index contributed by atoms with van der Waals surface area (Å²) in [6.45, 7) is 4.91. The highest BCUT2D eigenvalue weighted by molar-refractivity contribution is 7.07. The van der Waals surface area contributed by atoms with E-state index in [9.17, 15) is 4.39 Å². The molecule has 1 atom stereocenters. The molecule has 0 aliphatic carbocycles. The van der Waals surface area contributed by atoms with Gasteiger partial charge in [-0.25, -0.2) is 9.37 Å². The van der Waals surface area contributed by atoms with Crippen LogP contribution in [0, 0.1) is 12.7 Å². The Bertz CT molecular complexity index is 476. The van der Waals surface area contributed by atoms with Crippen molar-refractivity contribution in [3.63, 3.8) is 0 Å². The van der Waals surface area contributed by atoms with Crippen LogP contribution < -0.4 is 5.32 Å². The summed E-state index contributed by atoms with van der Waals surface area (Å²) >= 11 is 1.56. The van der Waals surface area contributed by atoms with Gasteiger partial charge in [0, 0.05) is 5.38 Å². The average Bonchev–Trinajstić information content (AvgIpc) is 2.82. The quantitative estimate of drug-likeness (QED) is 0.891. The summed E-state index contributed by atoms with van der Waals surface area (Å²) < 4.78 is 13.5. The van der Waals surface area contributed by atoms with Gasteiger partial charge in [-0.15, -0.1) is 11.3 Å². The van der Waals surface area contributed by atoms with Crippen LogP contribution in [0.5, 0.6) is 0 Å². The van der Waals surface area contributed by atoms with E-state index in [1.807, 2.05) is 23.9 Å². The van der Waals surface area contributed by atoms with Crippen LogP contribution in [0.3, 0.4) is 0 Å². The Balaban J connectivity index is 2.33.